The zero-order valence-electron chi connectivity index (χ0n) is 10.3. The third kappa shape index (κ3) is 2.18. The standard InChI is InChI=1S/C16H11ClOS/c1-10-5-6-12(17)9-14(10)15(18)13-4-2-3-11-7-8-19-16(11)13/h2-9H,1H3. The van der Waals surface area contributed by atoms with Gasteiger partial charge in [-0.2, -0.15) is 0 Å². The third-order valence-corrected chi connectivity index (χ3v) is 4.37. The van der Waals surface area contributed by atoms with Gasteiger partial charge in [0.1, 0.15) is 0 Å². The molecule has 0 unspecified atom stereocenters. The number of halogens is 1. The normalized spacial score (nSPS) is 10.8. The van der Waals surface area contributed by atoms with Crippen LogP contribution in [-0.4, -0.2) is 5.78 Å². The van der Waals surface area contributed by atoms with Gasteiger partial charge in [-0.3, -0.25) is 4.79 Å². The highest BCUT2D eigenvalue weighted by Crippen LogP contribution is 2.28. The second kappa shape index (κ2) is 4.80. The molecule has 1 nitrogen and oxygen atoms in total. The second-order valence-corrected chi connectivity index (χ2v) is 5.79. The lowest BCUT2D eigenvalue weighted by molar-refractivity contribution is 0.104. The summed E-state index contributed by atoms with van der Waals surface area (Å²) in [4.78, 5) is 12.7. The largest absolute Gasteiger partial charge is 0.289 e. The molecule has 0 N–H and O–H groups in total. The maximum Gasteiger partial charge on any atom is 0.194 e. The Bertz CT molecular complexity index is 773. The van der Waals surface area contributed by atoms with E-state index in [-0.39, 0.29) is 5.78 Å². The average molecular weight is 287 g/mol. The lowest BCUT2D eigenvalue weighted by Gasteiger charge is -2.06. The summed E-state index contributed by atoms with van der Waals surface area (Å²) in [5.41, 5.74) is 2.37. The van der Waals surface area contributed by atoms with Crippen LogP contribution in [0, 0.1) is 6.92 Å². The minimum absolute atomic E-state index is 0.0352. The highest BCUT2D eigenvalue weighted by molar-refractivity contribution is 7.17. The zero-order chi connectivity index (χ0) is 13.4. The molecule has 0 amide bonds. The van der Waals surface area contributed by atoms with E-state index >= 15 is 0 Å². The van der Waals surface area contributed by atoms with Gasteiger partial charge >= 0.3 is 0 Å². The Morgan fingerprint density at radius 1 is 1.11 bits per heavy atom. The van der Waals surface area contributed by atoms with E-state index in [0.29, 0.717) is 10.6 Å². The Morgan fingerprint density at radius 2 is 1.95 bits per heavy atom. The first-order valence-electron chi connectivity index (χ1n) is 5.94. The van der Waals surface area contributed by atoms with Crippen LogP contribution in [0.1, 0.15) is 21.5 Å². The molecule has 0 bridgehead atoms. The molecular weight excluding hydrogens is 276 g/mol. The number of carbonyl (C=O) groups excluding carboxylic acids is 1. The lowest BCUT2D eigenvalue weighted by Crippen LogP contribution is -2.03. The van der Waals surface area contributed by atoms with Crippen molar-refractivity contribution in [2.75, 3.05) is 0 Å². The Balaban J connectivity index is 2.19. The van der Waals surface area contributed by atoms with Gasteiger partial charge in [-0.25, -0.2) is 0 Å². The molecule has 0 aliphatic carbocycles. The molecule has 1 heterocycles. The van der Waals surface area contributed by atoms with Gasteiger partial charge in [0.2, 0.25) is 0 Å². The van der Waals surface area contributed by atoms with Crippen molar-refractivity contribution in [3.05, 3.63) is 69.6 Å². The molecule has 3 rings (SSSR count). The van der Waals surface area contributed by atoms with E-state index in [1.807, 2.05) is 42.6 Å². The Hall–Kier alpha value is -1.64. The minimum Gasteiger partial charge on any atom is -0.289 e. The molecule has 1 aromatic heterocycles. The Morgan fingerprint density at radius 3 is 2.79 bits per heavy atom. The van der Waals surface area contributed by atoms with E-state index in [4.69, 9.17) is 11.6 Å². The van der Waals surface area contributed by atoms with Gasteiger partial charge in [0.25, 0.3) is 0 Å². The maximum absolute atomic E-state index is 12.7. The summed E-state index contributed by atoms with van der Waals surface area (Å²) in [7, 11) is 0. The van der Waals surface area contributed by atoms with Crippen LogP contribution in [0.3, 0.4) is 0 Å². The van der Waals surface area contributed by atoms with Gasteiger partial charge < -0.3 is 0 Å². The number of benzene rings is 2. The fourth-order valence-corrected chi connectivity index (χ4v) is 3.24. The molecule has 0 spiro atoms. The molecule has 0 aliphatic heterocycles. The first-order valence-corrected chi connectivity index (χ1v) is 7.19. The van der Waals surface area contributed by atoms with Crippen molar-refractivity contribution in [3.63, 3.8) is 0 Å². The van der Waals surface area contributed by atoms with Crippen LogP contribution in [0.25, 0.3) is 10.1 Å². The van der Waals surface area contributed by atoms with Crippen LogP contribution in [0.15, 0.2) is 47.8 Å². The fourth-order valence-electron chi connectivity index (χ4n) is 2.16. The van der Waals surface area contributed by atoms with E-state index in [0.717, 1.165) is 21.2 Å². The molecule has 94 valence electrons. The number of thiophene rings is 1. The molecule has 0 saturated heterocycles. The van der Waals surface area contributed by atoms with Crippen LogP contribution >= 0.6 is 22.9 Å². The lowest BCUT2D eigenvalue weighted by atomic mass is 9.98. The molecular formula is C16H11ClOS. The van der Waals surface area contributed by atoms with E-state index in [1.54, 1.807) is 23.5 Å². The molecule has 19 heavy (non-hydrogen) atoms. The van der Waals surface area contributed by atoms with E-state index in [1.165, 1.54) is 0 Å². The molecule has 3 aromatic rings. The number of fused-ring (bicyclic) bond motifs is 1. The van der Waals surface area contributed by atoms with Crippen molar-refractivity contribution in [2.45, 2.75) is 6.92 Å². The van der Waals surface area contributed by atoms with Crippen LogP contribution in [0.2, 0.25) is 5.02 Å². The van der Waals surface area contributed by atoms with Crippen LogP contribution < -0.4 is 0 Å². The van der Waals surface area contributed by atoms with Gasteiger partial charge in [0.05, 0.1) is 0 Å². The molecule has 0 fully saturated rings. The molecule has 0 atom stereocenters. The van der Waals surface area contributed by atoms with E-state index < -0.39 is 0 Å². The van der Waals surface area contributed by atoms with E-state index in [2.05, 4.69) is 0 Å². The van der Waals surface area contributed by atoms with Crippen LogP contribution in [0.4, 0.5) is 0 Å². The molecule has 3 heteroatoms. The summed E-state index contributed by atoms with van der Waals surface area (Å²) in [6.45, 7) is 1.93. The number of ketones is 1. The summed E-state index contributed by atoms with van der Waals surface area (Å²) >= 11 is 7.59. The first-order chi connectivity index (χ1) is 9.16. The SMILES string of the molecule is Cc1ccc(Cl)cc1C(=O)c1cccc2ccsc12. The summed E-state index contributed by atoms with van der Waals surface area (Å²) in [5.74, 6) is 0.0352. The molecule has 0 radical (unpaired) electrons. The van der Waals surface area contributed by atoms with E-state index in [9.17, 15) is 4.79 Å². The minimum atomic E-state index is 0.0352. The van der Waals surface area contributed by atoms with Crippen LogP contribution in [-0.2, 0) is 0 Å². The summed E-state index contributed by atoms with van der Waals surface area (Å²) in [6.07, 6.45) is 0. The summed E-state index contributed by atoms with van der Waals surface area (Å²) in [6, 6.07) is 13.3. The molecule has 0 aliphatic rings. The highest BCUT2D eigenvalue weighted by atomic mass is 35.5. The van der Waals surface area contributed by atoms with Gasteiger partial charge in [-0.15, -0.1) is 11.3 Å². The number of aryl methyl sites for hydroxylation is 1. The van der Waals surface area contributed by atoms with Crippen molar-refractivity contribution < 1.29 is 4.79 Å². The predicted molar refractivity (Wildman–Crippen MR) is 81.4 cm³/mol. The summed E-state index contributed by atoms with van der Waals surface area (Å²) in [5, 5.41) is 3.70. The van der Waals surface area contributed by atoms with Gasteiger partial charge in [-0.1, -0.05) is 29.8 Å². The first kappa shape index (κ1) is 12.4. The van der Waals surface area contributed by atoms with Crippen LogP contribution in [0.5, 0.6) is 0 Å². The number of hydrogen-bond acceptors (Lipinski definition) is 2. The van der Waals surface area contributed by atoms with Gasteiger partial charge in [-0.05, 0) is 47.5 Å². The zero-order valence-corrected chi connectivity index (χ0v) is 11.9. The number of rotatable bonds is 2. The van der Waals surface area contributed by atoms with Crippen molar-refractivity contribution in [3.8, 4) is 0 Å². The Kier molecular flexibility index (Phi) is 3.13. The van der Waals surface area contributed by atoms with Crippen molar-refractivity contribution >= 4 is 38.8 Å². The highest BCUT2D eigenvalue weighted by Gasteiger charge is 2.15. The Labute approximate surface area is 120 Å². The third-order valence-electron chi connectivity index (χ3n) is 3.17. The van der Waals surface area contributed by atoms with Gasteiger partial charge in [0, 0.05) is 20.8 Å². The second-order valence-electron chi connectivity index (χ2n) is 4.43. The molecule has 2 aromatic carbocycles. The number of hydrogen-bond donors (Lipinski definition) is 0. The smallest absolute Gasteiger partial charge is 0.194 e. The average Bonchev–Trinajstić information content (AvgIpc) is 2.89. The quantitative estimate of drug-likeness (QED) is 0.599. The monoisotopic (exact) mass is 286 g/mol. The van der Waals surface area contributed by atoms with Gasteiger partial charge in [0.15, 0.2) is 5.78 Å². The predicted octanol–water partition coefficient (Wildman–Crippen LogP) is 5.09. The fraction of sp³-hybridized carbons (Fsp3) is 0.0625. The molecule has 0 saturated carbocycles. The topological polar surface area (TPSA) is 17.1 Å². The van der Waals surface area contributed by atoms with Crippen molar-refractivity contribution in [1.29, 1.82) is 0 Å². The summed E-state index contributed by atoms with van der Waals surface area (Å²) < 4.78 is 1.03. The van der Waals surface area contributed by atoms with Crippen molar-refractivity contribution in [1.82, 2.24) is 0 Å². The van der Waals surface area contributed by atoms with Crippen molar-refractivity contribution in [2.24, 2.45) is 0 Å². The number of carbonyl (C=O) groups is 1. The maximum atomic E-state index is 12.7.